The van der Waals surface area contributed by atoms with Gasteiger partial charge in [0.15, 0.2) is 0 Å². The smallest absolute Gasteiger partial charge is 0.238 e. The number of primary amides is 1. The molecule has 0 aliphatic heterocycles. The molecule has 0 radical (unpaired) electrons. The van der Waals surface area contributed by atoms with Gasteiger partial charge < -0.3 is 5.73 Å². The van der Waals surface area contributed by atoms with Gasteiger partial charge in [0.05, 0.1) is 5.71 Å². The molecule has 2 N–H and O–H groups in total. The van der Waals surface area contributed by atoms with Crippen molar-refractivity contribution >= 4 is 11.6 Å². The van der Waals surface area contributed by atoms with E-state index in [9.17, 15) is 4.79 Å². The van der Waals surface area contributed by atoms with Crippen molar-refractivity contribution in [2.24, 2.45) is 10.8 Å². The first-order valence-electron chi connectivity index (χ1n) is 4.27. The highest BCUT2D eigenvalue weighted by molar-refractivity contribution is 5.92. The zero-order valence-electron chi connectivity index (χ0n) is 8.45. The quantitative estimate of drug-likeness (QED) is 0.505. The van der Waals surface area contributed by atoms with E-state index >= 15 is 0 Å². The lowest BCUT2D eigenvalue weighted by Gasteiger charge is -2.10. The molecular formula is C9H17N3O. The Kier molecular flexibility index (Phi) is 5.59. The van der Waals surface area contributed by atoms with Gasteiger partial charge >= 0.3 is 0 Å². The van der Waals surface area contributed by atoms with Crippen LogP contribution in [0.3, 0.4) is 0 Å². The lowest BCUT2D eigenvalue weighted by atomic mass is 10.3. The molecule has 0 aliphatic rings. The van der Waals surface area contributed by atoms with Crippen LogP contribution in [0.15, 0.2) is 17.3 Å². The summed E-state index contributed by atoms with van der Waals surface area (Å²) < 4.78 is 0. The molecular weight excluding hydrogens is 166 g/mol. The van der Waals surface area contributed by atoms with Gasteiger partial charge in [0, 0.05) is 7.05 Å². The van der Waals surface area contributed by atoms with E-state index in [0.717, 1.165) is 12.1 Å². The minimum atomic E-state index is -0.376. The Labute approximate surface area is 79.1 Å². The molecule has 0 aliphatic carbocycles. The van der Waals surface area contributed by atoms with Gasteiger partial charge in [0.1, 0.15) is 6.54 Å². The highest BCUT2D eigenvalue weighted by Gasteiger charge is 1.97. The Morgan fingerprint density at radius 3 is 2.69 bits per heavy atom. The van der Waals surface area contributed by atoms with Crippen molar-refractivity contribution in [3.63, 3.8) is 0 Å². The van der Waals surface area contributed by atoms with Crippen LogP contribution in [-0.2, 0) is 4.79 Å². The van der Waals surface area contributed by atoms with E-state index in [-0.39, 0.29) is 12.5 Å². The standard InChI is InChI=1S/C9H17N3O/c1-4-5-6-8(2)11-12(3)7-9(10)13/h5-6H,4,7H2,1-3H3,(H2,10,13)/b6-5+,11-8-. The Balaban J connectivity index is 4.05. The van der Waals surface area contributed by atoms with E-state index in [2.05, 4.69) is 12.0 Å². The van der Waals surface area contributed by atoms with Crippen molar-refractivity contribution in [2.75, 3.05) is 13.6 Å². The summed E-state index contributed by atoms with van der Waals surface area (Å²) in [7, 11) is 1.72. The maximum atomic E-state index is 10.5. The average Bonchev–Trinajstić information content (AvgIpc) is 1.98. The molecule has 0 rings (SSSR count). The van der Waals surface area contributed by atoms with E-state index in [1.54, 1.807) is 7.05 Å². The molecule has 0 saturated carbocycles. The van der Waals surface area contributed by atoms with Crippen molar-refractivity contribution in [3.8, 4) is 0 Å². The molecule has 74 valence electrons. The van der Waals surface area contributed by atoms with Gasteiger partial charge in [0.2, 0.25) is 5.91 Å². The summed E-state index contributed by atoms with van der Waals surface area (Å²) in [6, 6.07) is 0. The second-order valence-electron chi connectivity index (χ2n) is 2.83. The number of rotatable bonds is 5. The van der Waals surface area contributed by atoms with Gasteiger partial charge in [-0.05, 0) is 19.4 Å². The van der Waals surface area contributed by atoms with Crippen LogP contribution in [-0.4, -0.2) is 30.2 Å². The number of nitrogens with zero attached hydrogens (tertiary/aromatic N) is 2. The topological polar surface area (TPSA) is 58.7 Å². The fourth-order valence-corrected chi connectivity index (χ4v) is 0.852. The van der Waals surface area contributed by atoms with Crippen LogP contribution in [0.5, 0.6) is 0 Å². The summed E-state index contributed by atoms with van der Waals surface area (Å²) in [6.45, 7) is 4.08. The molecule has 4 nitrogen and oxygen atoms in total. The molecule has 4 heteroatoms. The van der Waals surface area contributed by atoms with Crippen LogP contribution in [0.25, 0.3) is 0 Å². The zero-order chi connectivity index (χ0) is 10.3. The summed E-state index contributed by atoms with van der Waals surface area (Å²) >= 11 is 0. The van der Waals surface area contributed by atoms with Crippen LogP contribution < -0.4 is 5.73 Å². The largest absolute Gasteiger partial charge is 0.368 e. The lowest BCUT2D eigenvalue weighted by Crippen LogP contribution is -2.27. The number of likely N-dealkylation sites (N-methyl/N-ethyl adjacent to an activating group) is 1. The number of amides is 1. The first-order chi connectivity index (χ1) is 6.06. The molecule has 0 aromatic rings. The van der Waals surface area contributed by atoms with Gasteiger partial charge in [-0.1, -0.05) is 13.0 Å². The Morgan fingerprint density at radius 2 is 2.23 bits per heavy atom. The zero-order valence-corrected chi connectivity index (χ0v) is 8.45. The van der Waals surface area contributed by atoms with E-state index in [4.69, 9.17) is 5.73 Å². The fourth-order valence-electron chi connectivity index (χ4n) is 0.852. The average molecular weight is 183 g/mol. The minimum Gasteiger partial charge on any atom is -0.368 e. The number of hydrogen-bond acceptors (Lipinski definition) is 3. The van der Waals surface area contributed by atoms with Crippen LogP contribution in [0.1, 0.15) is 20.3 Å². The van der Waals surface area contributed by atoms with Crippen LogP contribution in [0, 0.1) is 0 Å². The van der Waals surface area contributed by atoms with Gasteiger partial charge in [-0.3, -0.25) is 9.80 Å². The van der Waals surface area contributed by atoms with Crippen LogP contribution >= 0.6 is 0 Å². The Morgan fingerprint density at radius 1 is 1.62 bits per heavy atom. The van der Waals surface area contributed by atoms with Gasteiger partial charge in [-0.25, -0.2) is 0 Å². The molecule has 0 atom stereocenters. The maximum Gasteiger partial charge on any atom is 0.238 e. The molecule has 0 fully saturated rings. The second kappa shape index (κ2) is 6.22. The van der Waals surface area contributed by atoms with Crippen molar-refractivity contribution in [2.45, 2.75) is 20.3 Å². The van der Waals surface area contributed by atoms with E-state index < -0.39 is 0 Å². The number of carbonyl (C=O) groups excluding carboxylic acids is 1. The minimum absolute atomic E-state index is 0.150. The number of allylic oxidation sites excluding steroid dienone is 2. The highest BCUT2D eigenvalue weighted by atomic mass is 16.1. The van der Waals surface area contributed by atoms with Crippen molar-refractivity contribution < 1.29 is 4.79 Å². The van der Waals surface area contributed by atoms with Gasteiger partial charge in [0.25, 0.3) is 0 Å². The summed E-state index contributed by atoms with van der Waals surface area (Å²) in [5.74, 6) is -0.376. The predicted molar refractivity (Wildman–Crippen MR) is 54.4 cm³/mol. The molecule has 0 bridgehead atoms. The third kappa shape index (κ3) is 7.05. The predicted octanol–water partition coefficient (Wildman–Crippen LogP) is 0.746. The number of carbonyl (C=O) groups is 1. The number of hydrogen-bond donors (Lipinski definition) is 1. The highest BCUT2D eigenvalue weighted by Crippen LogP contribution is 1.88. The molecule has 13 heavy (non-hydrogen) atoms. The van der Waals surface area contributed by atoms with E-state index in [0.29, 0.717) is 0 Å². The van der Waals surface area contributed by atoms with E-state index in [1.165, 1.54) is 5.01 Å². The molecule has 0 aromatic carbocycles. The van der Waals surface area contributed by atoms with Gasteiger partial charge in [-0.2, -0.15) is 5.10 Å². The van der Waals surface area contributed by atoms with Gasteiger partial charge in [-0.15, -0.1) is 0 Å². The molecule has 0 aromatic heterocycles. The molecule has 1 amide bonds. The maximum absolute atomic E-state index is 10.5. The first kappa shape index (κ1) is 11.7. The SMILES string of the molecule is CC/C=C/C(C)=N\N(C)CC(N)=O. The number of hydrazone groups is 1. The number of nitrogens with two attached hydrogens (primary N) is 1. The van der Waals surface area contributed by atoms with Crippen molar-refractivity contribution in [3.05, 3.63) is 12.2 Å². The van der Waals surface area contributed by atoms with Crippen LogP contribution in [0.2, 0.25) is 0 Å². The van der Waals surface area contributed by atoms with Crippen molar-refractivity contribution in [1.82, 2.24) is 5.01 Å². The summed E-state index contributed by atoms with van der Waals surface area (Å²) in [5.41, 5.74) is 5.87. The normalized spacial score (nSPS) is 12.1. The second-order valence-corrected chi connectivity index (χ2v) is 2.83. The van der Waals surface area contributed by atoms with Crippen LogP contribution in [0.4, 0.5) is 0 Å². The first-order valence-corrected chi connectivity index (χ1v) is 4.27. The lowest BCUT2D eigenvalue weighted by molar-refractivity contribution is -0.118. The van der Waals surface area contributed by atoms with Crippen molar-refractivity contribution in [1.29, 1.82) is 0 Å². The molecule has 0 spiro atoms. The summed E-state index contributed by atoms with van der Waals surface area (Å²) in [5, 5.41) is 5.64. The van der Waals surface area contributed by atoms with E-state index in [1.807, 2.05) is 19.1 Å². The summed E-state index contributed by atoms with van der Waals surface area (Å²) in [4.78, 5) is 10.5. The Bertz CT molecular complexity index is 221. The summed E-state index contributed by atoms with van der Waals surface area (Å²) in [6.07, 6.45) is 4.90. The molecule has 0 heterocycles. The fraction of sp³-hybridized carbons (Fsp3) is 0.556. The molecule has 0 saturated heterocycles. The third-order valence-electron chi connectivity index (χ3n) is 1.31. The Hall–Kier alpha value is -1.32. The molecule has 0 unspecified atom stereocenters. The monoisotopic (exact) mass is 183 g/mol. The third-order valence-corrected chi connectivity index (χ3v) is 1.31.